The Morgan fingerprint density at radius 1 is 1.62 bits per heavy atom. The molecule has 4 nitrogen and oxygen atoms in total. The zero-order valence-electron chi connectivity index (χ0n) is 8.08. The SMILES string of the molecule is CCC(=O)O.CCCc1ncc[nH]1. The summed E-state index contributed by atoms with van der Waals surface area (Å²) < 4.78 is 0. The number of nitrogens with zero attached hydrogens (tertiary/aromatic N) is 1. The van der Waals surface area contributed by atoms with Crippen LogP contribution in [-0.4, -0.2) is 21.0 Å². The maximum Gasteiger partial charge on any atom is 0.303 e. The Morgan fingerprint density at radius 2 is 2.23 bits per heavy atom. The Balaban J connectivity index is 0.000000252. The predicted molar refractivity (Wildman–Crippen MR) is 50.5 cm³/mol. The van der Waals surface area contributed by atoms with Crippen molar-refractivity contribution in [2.24, 2.45) is 0 Å². The Bertz CT molecular complexity index is 220. The lowest BCUT2D eigenvalue weighted by molar-refractivity contribution is -0.136. The van der Waals surface area contributed by atoms with Crippen LogP contribution in [0.5, 0.6) is 0 Å². The molecule has 0 aliphatic carbocycles. The summed E-state index contributed by atoms with van der Waals surface area (Å²) in [6.45, 7) is 3.74. The molecule has 1 aromatic rings. The van der Waals surface area contributed by atoms with Gasteiger partial charge in [0.15, 0.2) is 0 Å². The smallest absolute Gasteiger partial charge is 0.303 e. The second kappa shape index (κ2) is 7.34. The van der Waals surface area contributed by atoms with Crippen molar-refractivity contribution in [1.82, 2.24) is 9.97 Å². The van der Waals surface area contributed by atoms with Crippen LogP contribution in [0.25, 0.3) is 0 Å². The Kier molecular flexibility index (Phi) is 6.59. The van der Waals surface area contributed by atoms with Crippen molar-refractivity contribution in [2.75, 3.05) is 0 Å². The van der Waals surface area contributed by atoms with Crippen molar-refractivity contribution in [3.05, 3.63) is 18.2 Å². The minimum atomic E-state index is -0.745. The van der Waals surface area contributed by atoms with Gasteiger partial charge in [-0.25, -0.2) is 4.98 Å². The number of aliphatic carboxylic acids is 1. The first-order valence-electron chi connectivity index (χ1n) is 4.40. The third-order valence-electron chi connectivity index (χ3n) is 1.34. The first kappa shape index (κ1) is 11.7. The molecule has 4 heteroatoms. The summed E-state index contributed by atoms with van der Waals surface area (Å²) in [7, 11) is 0. The van der Waals surface area contributed by atoms with E-state index in [0.29, 0.717) is 0 Å². The molecule has 0 aliphatic rings. The van der Waals surface area contributed by atoms with Crippen molar-refractivity contribution in [2.45, 2.75) is 33.1 Å². The van der Waals surface area contributed by atoms with Gasteiger partial charge in [0.1, 0.15) is 5.82 Å². The fourth-order valence-corrected chi connectivity index (χ4v) is 0.671. The molecule has 0 fully saturated rings. The van der Waals surface area contributed by atoms with E-state index in [4.69, 9.17) is 5.11 Å². The fraction of sp³-hybridized carbons (Fsp3) is 0.556. The Hall–Kier alpha value is -1.32. The third-order valence-corrected chi connectivity index (χ3v) is 1.34. The zero-order valence-corrected chi connectivity index (χ0v) is 8.08. The van der Waals surface area contributed by atoms with Gasteiger partial charge < -0.3 is 10.1 Å². The summed E-state index contributed by atoms with van der Waals surface area (Å²) in [5.74, 6) is 0.345. The number of H-pyrrole nitrogens is 1. The molecular formula is C9H16N2O2. The Morgan fingerprint density at radius 3 is 2.54 bits per heavy atom. The number of hydrogen-bond acceptors (Lipinski definition) is 2. The average Bonchev–Trinajstić information content (AvgIpc) is 2.59. The van der Waals surface area contributed by atoms with Crippen molar-refractivity contribution >= 4 is 5.97 Å². The predicted octanol–water partition coefficient (Wildman–Crippen LogP) is 1.84. The highest BCUT2D eigenvalue weighted by molar-refractivity contribution is 5.66. The Labute approximate surface area is 78.0 Å². The second-order valence-corrected chi connectivity index (χ2v) is 2.53. The van der Waals surface area contributed by atoms with Crippen molar-refractivity contribution in [3.8, 4) is 0 Å². The first-order valence-corrected chi connectivity index (χ1v) is 4.40. The van der Waals surface area contributed by atoms with Crippen LogP contribution in [0.15, 0.2) is 12.4 Å². The molecule has 0 amide bonds. The number of carbonyl (C=O) groups is 1. The molecule has 0 aromatic carbocycles. The molecule has 0 saturated heterocycles. The highest BCUT2D eigenvalue weighted by Gasteiger charge is 1.87. The number of aryl methyl sites for hydroxylation is 1. The highest BCUT2D eigenvalue weighted by atomic mass is 16.4. The van der Waals surface area contributed by atoms with Crippen LogP contribution < -0.4 is 0 Å². The average molecular weight is 184 g/mol. The maximum absolute atomic E-state index is 9.37. The molecule has 1 rings (SSSR count). The number of carboxylic acid groups (broad SMARTS) is 1. The number of aromatic nitrogens is 2. The number of nitrogens with one attached hydrogen (secondary N) is 1. The summed E-state index contributed by atoms with van der Waals surface area (Å²) in [5, 5.41) is 7.72. The van der Waals surface area contributed by atoms with E-state index in [9.17, 15) is 4.79 Å². The van der Waals surface area contributed by atoms with E-state index in [2.05, 4.69) is 16.9 Å². The summed E-state index contributed by atoms with van der Waals surface area (Å²) in [6, 6.07) is 0. The molecular weight excluding hydrogens is 168 g/mol. The van der Waals surface area contributed by atoms with Crippen LogP contribution in [-0.2, 0) is 11.2 Å². The summed E-state index contributed by atoms with van der Waals surface area (Å²) >= 11 is 0. The molecule has 0 bridgehead atoms. The van der Waals surface area contributed by atoms with Gasteiger partial charge in [-0.1, -0.05) is 13.8 Å². The fourth-order valence-electron chi connectivity index (χ4n) is 0.671. The molecule has 0 atom stereocenters. The molecule has 0 saturated carbocycles. The van der Waals surface area contributed by atoms with Crippen LogP contribution in [0.4, 0.5) is 0 Å². The second-order valence-electron chi connectivity index (χ2n) is 2.53. The van der Waals surface area contributed by atoms with Gasteiger partial charge in [-0.2, -0.15) is 0 Å². The monoisotopic (exact) mass is 184 g/mol. The summed E-state index contributed by atoms with van der Waals surface area (Å²) in [4.78, 5) is 16.4. The van der Waals surface area contributed by atoms with E-state index < -0.39 is 5.97 Å². The van der Waals surface area contributed by atoms with Crippen molar-refractivity contribution in [1.29, 1.82) is 0 Å². The molecule has 0 unspecified atom stereocenters. The van der Waals surface area contributed by atoms with Crippen LogP contribution >= 0.6 is 0 Å². The summed E-state index contributed by atoms with van der Waals surface area (Å²) in [6.07, 6.45) is 6.08. The van der Waals surface area contributed by atoms with E-state index >= 15 is 0 Å². The third kappa shape index (κ3) is 7.05. The lowest BCUT2D eigenvalue weighted by Crippen LogP contribution is -1.86. The van der Waals surface area contributed by atoms with Crippen LogP contribution in [0.1, 0.15) is 32.5 Å². The number of imidazole rings is 1. The van der Waals surface area contributed by atoms with Gasteiger partial charge in [0.25, 0.3) is 0 Å². The quantitative estimate of drug-likeness (QED) is 0.753. The molecule has 1 heterocycles. The van der Waals surface area contributed by atoms with Gasteiger partial charge in [-0.3, -0.25) is 4.79 Å². The molecule has 2 N–H and O–H groups in total. The van der Waals surface area contributed by atoms with Crippen LogP contribution in [0.3, 0.4) is 0 Å². The van der Waals surface area contributed by atoms with E-state index in [-0.39, 0.29) is 6.42 Å². The van der Waals surface area contributed by atoms with E-state index in [1.807, 2.05) is 6.20 Å². The molecule has 1 aromatic heterocycles. The van der Waals surface area contributed by atoms with Gasteiger partial charge in [-0.15, -0.1) is 0 Å². The topological polar surface area (TPSA) is 66.0 Å². The van der Waals surface area contributed by atoms with Gasteiger partial charge in [0.05, 0.1) is 0 Å². The molecule has 0 spiro atoms. The molecule has 0 radical (unpaired) electrons. The molecule has 13 heavy (non-hydrogen) atoms. The first-order chi connectivity index (χ1) is 6.20. The number of rotatable bonds is 3. The van der Waals surface area contributed by atoms with Gasteiger partial charge in [0, 0.05) is 25.2 Å². The van der Waals surface area contributed by atoms with E-state index in [0.717, 1.165) is 18.7 Å². The number of carboxylic acids is 1. The van der Waals surface area contributed by atoms with Crippen LogP contribution in [0.2, 0.25) is 0 Å². The number of aromatic amines is 1. The van der Waals surface area contributed by atoms with E-state index in [1.54, 1.807) is 13.1 Å². The largest absolute Gasteiger partial charge is 0.481 e. The van der Waals surface area contributed by atoms with Gasteiger partial charge >= 0.3 is 5.97 Å². The molecule has 74 valence electrons. The minimum absolute atomic E-state index is 0.222. The molecule has 0 aliphatic heterocycles. The standard InChI is InChI=1S/C6H10N2.C3H6O2/c1-2-3-6-7-4-5-8-6;1-2-3(4)5/h4-5H,2-3H2,1H3,(H,7,8);2H2,1H3,(H,4,5). The van der Waals surface area contributed by atoms with Crippen molar-refractivity contribution in [3.63, 3.8) is 0 Å². The lowest BCUT2D eigenvalue weighted by Gasteiger charge is -1.85. The van der Waals surface area contributed by atoms with Crippen LogP contribution in [0, 0.1) is 0 Å². The van der Waals surface area contributed by atoms with Gasteiger partial charge in [-0.05, 0) is 6.42 Å². The lowest BCUT2D eigenvalue weighted by atomic mass is 10.3. The van der Waals surface area contributed by atoms with E-state index in [1.165, 1.54) is 0 Å². The highest BCUT2D eigenvalue weighted by Crippen LogP contribution is 1.91. The van der Waals surface area contributed by atoms with Crippen molar-refractivity contribution < 1.29 is 9.90 Å². The normalized spacial score (nSPS) is 8.77. The van der Waals surface area contributed by atoms with Gasteiger partial charge in [0.2, 0.25) is 0 Å². The maximum atomic E-state index is 9.37. The number of hydrogen-bond donors (Lipinski definition) is 2. The summed E-state index contributed by atoms with van der Waals surface area (Å²) in [5.41, 5.74) is 0. The zero-order chi connectivity index (χ0) is 10.1. The minimum Gasteiger partial charge on any atom is -0.481 e.